The summed E-state index contributed by atoms with van der Waals surface area (Å²) in [4.78, 5) is 26.1. The highest BCUT2D eigenvalue weighted by molar-refractivity contribution is 5.97. The van der Waals surface area contributed by atoms with Crippen LogP contribution in [-0.4, -0.2) is 40.6 Å². The van der Waals surface area contributed by atoms with Crippen molar-refractivity contribution in [2.75, 3.05) is 19.5 Å². The largest absolute Gasteiger partial charge is 0.480 e. The Morgan fingerprint density at radius 2 is 1.91 bits per heavy atom. The molecule has 3 aromatic heterocycles. The van der Waals surface area contributed by atoms with Crippen molar-refractivity contribution >= 4 is 23.3 Å². The summed E-state index contributed by atoms with van der Waals surface area (Å²) < 4.78 is 10.6. The molecular weight excluding hydrogens is 286 g/mol. The number of aromatic nitrogens is 4. The number of fused-ring (bicyclic) bond motifs is 1. The summed E-state index contributed by atoms with van der Waals surface area (Å²) in [6, 6.07) is 3.54. The molecule has 0 atom stereocenters. The van der Waals surface area contributed by atoms with Crippen LogP contribution in [0, 0.1) is 0 Å². The van der Waals surface area contributed by atoms with Gasteiger partial charge in [-0.2, -0.15) is 0 Å². The summed E-state index contributed by atoms with van der Waals surface area (Å²) in [5.74, 6) is 1.27. The van der Waals surface area contributed by atoms with Crippen LogP contribution in [0.15, 0.2) is 24.7 Å². The summed E-state index contributed by atoms with van der Waals surface area (Å²) in [5.41, 5.74) is 2.06. The van der Waals surface area contributed by atoms with Crippen LogP contribution < -0.4 is 14.8 Å². The Morgan fingerprint density at radius 3 is 2.55 bits per heavy atom. The highest BCUT2D eigenvalue weighted by Crippen LogP contribution is 2.38. The fraction of sp³-hybridized carbons (Fsp3) is 0.143. The normalized spacial score (nSPS) is 10.5. The van der Waals surface area contributed by atoms with E-state index >= 15 is 0 Å². The lowest BCUT2D eigenvalue weighted by molar-refractivity contribution is -0.105. The van der Waals surface area contributed by atoms with Crippen LogP contribution in [0.1, 0.15) is 0 Å². The fourth-order valence-electron chi connectivity index (χ4n) is 2.25. The van der Waals surface area contributed by atoms with Crippen LogP contribution in [0.2, 0.25) is 0 Å². The third-order valence-corrected chi connectivity index (χ3v) is 3.18. The SMILES string of the molecule is COc1ncnc(OC)c1-c1c[nH]c2nc(NC=O)ccc12. The number of hydrogen-bond donors (Lipinski definition) is 2. The van der Waals surface area contributed by atoms with Crippen LogP contribution in [0.3, 0.4) is 0 Å². The Labute approximate surface area is 125 Å². The van der Waals surface area contributed by atoms with Crippen LogP contribution in [0.25, 0.3) is 22.2 Å². The maximum Gasteiger partial charge on any atom is 0.228 e. The summed E-state index contributed by atoms with van der Waals surface area (Å²) in [6.45, 7) is 0. The molecule has 22 heavy (non-hydrogen) atoms. The molecular formula is C14H13N5O3. The number of pyridine rings is 1. The molecule has 8 nitrogen and oxygen atoms in total. The Hall–Kier alpha value is -3.16. The zero-order valence-corrected chi connectivity index (χ0v) is 12.0. The van der Waals surface area contributed by atoms with E-state index in [1.54, 1.807) is 12.3 Å². The molecule has 112 valence electrons. The Kier molecular flexibility index (Phi) is 3.57. The van der Waals surface area contributed by atoms with Crippen molar-refractivity contribution < 1.29 is 14.3 Å². The topological polar surface area (TPSA) is 102 Å². The van der Waals surface area contributed by atoms with Gasteiger partial charge >= 0.3 is 0 Å². The number of nitrogens with one attached hydrogen (secondary N) is 2. The predicted molar refractivity (Wildman–Crippen MR) is 79.9 cm³/mol. The van der Waals surface area contributed by atoms with Crippen LogP contribution in [0.4, 0.5) is 5.82 Å². The number of aromatic amines is 1. The molecule has 1 amide bonds. The molecule has 0 unspecified atom stereocenters. The zero-order valence-electron chi connectivity index (χ0n) is 12.0. The number of hydrogen-bond acceptors (Lipinski definition) is 6. The first kappa shape index (κ1) is 13.8. The van der Waals surface area contributed by atoms with Crippen molar-refractivity contribution in [1.29, 1.82) is 0 Å². The van der Waals surface area contributed by atoms with Crippen LogP contribution >= 0.6 is 0 Å². The first-order valence-electron chi connectivity index (χ1n) is 6.40. The van der Waals surface area contributed by atoms with E-state index in [9.17, 15) is 4.79 Å². The second kappa shape index (κ2) is 5.68. The van der Waals surface area contributed by atoms with Gasteiger partial charge in [-0.15, -0.1) is 0 Å². The van der Waals surface area contributed by atoms with Gasteiger partial charge in [0.05, 0.1) is 14.2 Å². The summed E-state index contributed by atoms with van der Waals surface area (Å²) in [5, 5.41) is 3.34. The van der Waals surface area contributed by atoms with Crippen molar-refractivity contribution in [2.24, 2.45) is 0 Å². The molecule has 0 fully saturated rings. The van der Waals surface area contributed by atoms with Crippen molar-refractivity contribution in [3.8, 4) is 22.9 Å². The quantitative estimate of drug-likeness (QED) is 0.694. The first-order chi connectivity index (χ1) is 10.8. The number of methoxy groups -OCH3 is 2. The van der Waals surface area contributed by atoms with Gasteiger partial charge in [0.15, 0.2) is 0 Å². The summed E-state index contributed by atoms with van der Waals surface area (Å²) in [7, 11) is 3.06. The van der Waals surface area contributed by atoms with E-state index in [-0.39, 0.29) is 0 Å². The fourth-order valence-corrected chi connectivity index (χ4v) is 2.25. The molecule has 0 aromatic carbocycles. The molecule has 8 heteroatoms. The highest BCUT2D eigenvalue weighted by Gasteiger charge is 2.19. The summed E-state index contributed by atoms with van der Waals surface area (Å²) >= 11 is 0. The number of ether oxygens (including phenoxy) is 2. The number of carbonyl (C=O) groups is 1. The van der Waals surface area contributed by atoms with Gasteiger partial charge in [-0.25, -0.2) is 15.0 Å². The van der Waals surface area contributed by atoms with Crippen molar-refractivity contribution in [2.45, 2.75) is 0 Å². The van der Waals surface area contributed by atoms with Gasteiger partial charge in [0.2, 0.25) is 18.2 Å². The molecule has 0 radical (unpaired) electrons. The standard InChI is InChI=1S/C14H13N5O3/c1-21-13-11(14(22-2)17-6-16-13)9-5-15-12-8(9)3-4-10(19-12)18-7-20/h3-7H,1-2H3,(H2,15,18,19,20). The zero-order chi connectivity index (χ0) is 15.5. The maximum atomic E-state index is 10.5. The number of H-pyrrole nitrogens is 1. The van der Waals surface area contributed by atoms with Crippen LogP contribution in [-0.2, 0) is 4.79 Å². The van der Waals surface area contributed by atoms with E-state index in [0.717, 1.165) is 10.9 Å². The lowest BCUT2D eigenvalue weighted by Gasteiger charge is -2.10. The van der Waals surface area contributed by atoms with Crippen molar-refractivity contribution in [1.82, 2.24) is 19.9 Å². The van der Waals surface area contributed by atoms with E-state index in [1.165, 1.54) is 20.5 Å². The average Bonchev–Trinajstić information content (AvgIpc) is 2.97. The second-order valence-corrected chi connectivity index (χ2v) is 4.32. The summed E-state index contributed by atoms with van der Waals surface area (Å²) in [6.07, 6.45) is 3.72. The molecule has 0 spiro atoms. The Bertz CT molecular complexity index is 808. The minimum absolute atomic E-state index is 0.405. The molecule has 0 aliphatic carbocycles. The van der Waals surface area contributed by atoms with Gasteiger partial charge in [-0.05, 0) is 12.1 Å². The van der Waals surface area contributed by atoms with E-state index in [1.807, 2.05) is 6.07 Å². The molecule has 0 aliphatic heterocycles. The van der Waals surface area contributed by atoms with E-state index in [4.69, 9.17) is 9.47 Å². The monoisotopic (exact) mass is 299 g/mol. The molecule has 0 saturated carbocycles. The smallest absolute Gasteiger partial charge is 0.228 e. The Balaban J connectivity index is 2.21. The number of nitrogens with zero attached hydrogens (tertiary/aromatic N) is 3. The van der Waals surface area contributed by atoms with Crippen LogP contribution in [0.5, 0.6) is 11.8 Å². The average molecular weight is 299 g/mol. The predicted octanol–water partition coefficient (Wildman–Crippen LogP) is 1.61. The number of anilines is 1. The Morgan fingerprint density at radius 1 is 1.18 bits per heavy atom. The lowest BCUT2D eigenvalue weighted by Crippen LogP contribution is -1.98. The number of rotatable bonds is 5. The van der Waals surface area contributed by atoms with Gasteiger partial charge in [0, 0.05) is 17.1 Å². The third-order valence-electron chi connectivity index (χ3n) is 3.18. The lowest BCUT2D eigenvalue weighted by atomic mass is 10.1. The molecule has 3 aromatic rings. The van der Waals surface area contributed by atoms with Gasteiger partial charge in [-0.3, -0.25) is 4.79 Å². The van der Waals surface area contributed by atoms with Crippen molar-refractivity contribution in [3.63, 3.8) is 0 Å². The van der Waals surface area contributed by atoms with E-state index < -0.39 is 0 Å². The number of carbonyl (C=O) groups excluding carboxylic acids is 1. The molecule has 3 heterocycles. The minimum atomic E-state index is 0.405. The number of amides is 1. The van der Waals surface area contributed by atoms with Gasteiger partial charge < -0.3 is 19.8 Å². The van der Waals surface area contributed by atoms with E-state index in [0.29, 0.717) is 35.2 Å². The minimum Gasteiger partial charge on any atom is -0.480 e. The molecule has 0 saturated heterocycles. The van der Waals surface area contributed by atoms with E-state index in [2.05, 4.69) is 25.3 Å². The molecule has 0 aliphatic rings. The molecule has 0 bridgehead atoms. The highest BCUT2D eigenvalue weighted by atomic mass is 16.5. The molecule has 2 N–H and O–H groups in total. The third kappa shape index (κ3) is 2.20. The van der Waals surface area contributed by atoms with Gasteiger partial charge in [0.1, 0.15) is 23.4 Å². The maximum absolute atomic E-state index is 10.5. The van der Waals surface area contributed by atoms with Crippen molar-refractivity contribution in [3.05, 3.63) is 24.7 Å². The van der Waals surface area contributed by atoms with Gasteiger partial charge in [0.25, 0.3) is 0 Å². The first-order valence-corrected chi connectivity index (χ1v) is 6.40. The second-order valence-electron chi connectivity index (χ2n) is 4.32. The van der Waals surface area contributed by atoms with Gasteiger partial charge in [-0.1, -0.05) is 0 Å². The molecule has 3 rings (SSSR count).